The minimum atomic E-state index is -4.87. The van der Waals surface area contributed by atoms with E-state index in [1.807, 2.05) is 0 Å². The lowest BCUT2D eigenvalue weighted by atomic mass is 10.1. The second-order valence-electron chi connectivity index (χ2n) is 5.78. The molecule has 0 saturated carbocycles. The molecular formula is C13H26NO10PS3. The predicted molar refractivity (Wildman–Crippen MR) is 107 cm³/mol. The Morgan fingerprint density at radius 1 is 1.11 bits per heavy atom. The lowest BCUT2D eigenvalue weighted by molar-refractivity contribution is -0.144. The SMILES string of the molecule is C[C@@H](OP(=O)(O)O)[C@H](NC(=O)CCCCCCSSCCS(=O)(=O)O)C(=O)O. The van der Waals surface area contributed by atoms with Gasteiger partial charge in [-0.05, 0) is 19.8 Å². The molecule has 0 aromatic carbocycles. The van der Waals surface area contributed by atoms with Crippen LogP contribution in [0, 0.1) is 0 Å². The molecule has 0 bridgehead atoms. The van der Waals surface area contributed by atoms with Crippen molar-refractivity contribution in [3.8, 4) is 0 Å². The molecule has 0 aromatic rings. The molecule has 28 heavy (non-hydrogen) atoms. The van der Waals surface area contributed by atoms with Gasteiger partial charge in [0.25, 0.3) is 10.1 Å². The molecule has 0 spiro atoms. The molecular weight excluding hydrogens is 457 g/mol. The van der Waals surface area contributed by atoms with E-state index < -0.39 is 42.0 Å². The van der Waals surface area contributed by atoms with Crippen LogP contribution < -0.4 is 5.32 Å². The second-order valence-corrected chi connectivity index (χ2v) is 11.2. The maximum Gasteiger partial charge on any atom is 0.469 e. The summed E-state index contributed by atoms with van der Waals surface area (Å²) in [7, 11) is -5.94. The molecule has 15 heteroatoms. The Bertz CT molecular complexity index is 638. The zero-order valence-corrected chi connectivity index (χ0v) is 18.6. The molecule has 1 amide bonds. The van der Waals surface area contributed by atoms with Crippen LogP contribution in [0.5, 0.6) is 0 Å². The molecule has 0 unspecified atom stereocenters. The van der Waals surface area contributed by atoms with Crippen molar-refractivity contribution in [2.24, 2.45) is 0 Å². The van der Waals surface area contributed by atoms with Gasteiger partial charge in [-0.15, -0.1) is 0 Å². The molecule has 0 aliphatic rings. The van der Waals surface area contributed by atoms with Crippen molar-refractivity contribution in [1.29, 1.82) is 0 Å². The number of carbonyl (C=O) groups excluding carboxylic acids is 1. The van der Waals surface area contributed by atoms with Crippen molar-refractivity contribution in [1.82, 2.24) is 5.32 Å². The second kappa shape index (κ2) is 13.8. The number of hydrogen-bond donors (Lipinski definition) is 5. The third-order valence-electron chi connectivity index (χ3n) is 3.25. The third-order valence-corrected chi connectivity index (χ3v) is 7.32. The van der Waals surface area contributed by atoms with Crippen molar-refractivity contribution >= 4 is 51.4 Å². The molecule has 5 N–H and O–H groups in total. The van der Waals surface area contributed by atoms with Gasteiger partial charge in [0, 0.05) is 17.9 Å². The number of hydrogen-bond acceptors (Lipinski definition) is 8. The normalized spacial score (nSPS) is 14.4. The number of carboxylic acid groups (broad SMARTS) is 1. The van der Waals surface area contributed by atoms with Crippen molar-refractivity contribution in [3.63, 3.8) is 0 Å². The monoisotopic (exact) mass is 483 g/mol. The van der Waals surface area contributed by atoms with Gasteiger partial charge in [-0.3, -0.25) is 13.9 Å². The Hall–Kier alpha value is -0.340. The summed E-state index contributed by atoms with van der Waals surface area (Å²) in [6, 6.07) is -1.57. The van der Waals surface area contributed by atoms with E-state index in [1.165, 1.54) is 21.6 Å². The summed E-state index contributed by atoms with van der Waals surface area (Å²) in [4.78, 5) is 40.4. The van der Waals surface area contributed by atoms with Gasteiger partial charge in [-0.25, -0.2) is 9.36 Å². The highest BCUT2D eigenvalue weighted by molar-refractivity contribution is 8.76. The Morgan fingerprint density at radius 3 is 2.21 bits per heavy atom. The van der Waals surface area contributed by atoms with E-state index in [-0.39, 0.29) is 12.2 Å². The number of aliphatic carboxylic acids is 1. The molecule has 0 aliphatic carbocycles. The van der Waals surface area contributed by atoms with E-state index >= 15 is 0 Å². The van der Waals surface area contributed by atoms with Gasteiger partial charge >= 0.3 is 13.8 Å². The Balaban J connectivity index is 3.90. The fraction of sp³-hybridized carbons (Fsp3) is 0.846. The van der Waals surface area contributed by atoms with Crippen LogP contribution in [0.1, 0.15) is 39.0 Å². The summed E-state index contributed by atoms with van der Waals surface area (Å²) >= 11 is 0. The van der Waals surface area contributed by atoms with Crippen LogP contribution in [-0.2, 0) is 28.8 Å². The van der Waals surface area contributed by atoms with E-state index in [0.717, 1.165) is 31.9 Å². The summed E-state index contributed by atoms with van der Waals surface area (Å²) in [6.07, 6.45) is 1.61. The van der Waals surface area contributed by atoms with Gasteiger partial charge in [0.2, 0.25) is 5.91 Å². The molecule has 0 rings (SSSR count). The van der Waals surface area contributed by atoms with E-state index in [0.29, 0.717) is 12.2 Å². The van der Waals surface area contributed by atoms with Crippen LogP contribution in [0.15, 0.2) is 0 Å². The van der Waals surface area contributed by atoms with Crippen LogP contribution in [0.4, 0.5) is 0 Å². The third kappa shape index (κ3) is 16.6. The number of nitrogens with one attached hydrogen (secondary N) is 1. The quantitative estimate of drug-likeness (QED) is 0.0917. The van der Waals surface area contributed by atoms with E-state index in [9.17, 15) is 22.6 Å². The maximum absolute atomic E-state index is 11.8. The number of phosphoric ester groups is 1. The lowest BCUT2D eigenvalue weighted by Gasteiger charge is -2.21. The molecule has 0 fully saturated rings. The number of rotatable bonds is 16. The van der Waals surface area contributed by atoms with E-state index in [2.05, 4.69) is 9.84 Å². The Labute approximate surface area is 171 Å². The highest BCUT2D eigenvalue weighted by Crippen LogP contribution is 2.38. The maximum atomic E-state index is 11.8. The molecule has 0 radical (unpaired) electrons. The van der Waals surface area contributed by atoms with Crippen molar-refractivity contribution in [3.05, 3.63) is 0 Å². The Kier molecular flexibility index (Phi) is 13.6. The van der Waals surface area contributed by atoms with Crippen molar-refractivity contribution in [2.75, 3.05) is 17.3 Å². The minimum Gasteiger partial charge on any atom is -0.480 e. The number of phosphoric acid groups is 1. The molecule has 0 aromatic heterocycles. The fourth-order valence-electron chi connectivity index (χ4n) is 1.96. The van der Waals surface area contributed by atoms with Crippen LogP contribution in [0.3, 0.4) is 0 Å². The zero-order chi connectivity index (χ0) is 21.8. The summed E-state index contributed by atoms with van der Waals surface area (Å²) in [6.45, 7) is 1.14. The first-order valence-corrected chi connectivity index (χ1v) is 13.9. The van der Waals surface area contributed by atoms with Crippen LogP contribution in [0.25, 0.3) is 0 Å². The number of carbonyl (C=O) groups is 2. The standard InChI is InChI=1S/C13H26NO10PS3/c1-10(24-25(18,19)20)12(13(16)17)14-11(15)6-4-2-3-5-7-26-27-8-9-28(21,22)23/h10,12H,2-9H2,1H3,(H,14,15)(H,16,17)(H2,18,19,20)(H,21,22,23)/t10-,12+/m1/s1. The molecule has 11 nitrogen and oxygen atoms in total. The van der Waals surface area contributed by atoms with E-state index in [1.54, 1.807) is 0 Å². The van der Waals surface area contributed by atoms with Crippen molar-refractivity contribution < 1.29 is 46.5 Å². The lowest BCUT2D eigenvalue weighted by Crippen LogP contribution is -2.48. The first kappa shape index (κ1) is 27.7. The van der Waals surface area contributed by atoms with Gasteiger partial charge in [0.05, 0.1) is 11.9 Å². The molecule has 0 aliphatic heterocycles. The number of carboxylic acids is 1. The van der Waals surface area contributed by atoms with Gasteiger partial charge in [0.1, 0.15) is 0 Å². The highest BCUT2D eigenvalue weighted by atomic mass is 33.1. The molecule has 0 saturated heterocycles. The first-order valence-electron chi connectivity index (χ1n) is 8.27. The van der Waals surface area contributed by atoms with Gasteiger partial charge in [-0.2, -0.15) is 8.42 Å². The van der Waals surface area contributed by atoms with Crippen LogP contribution >= 0.6 is 29.4 Å². The minimum absolute atomic E-state index is 0.0721. The predicted octanol–water partition coefficient (Wildman–Crippen LogP) is 1.27. The highest BCUT2D eigenvalue weighted by Gasteiger charge is 2.32. The summed E-state index contributed by atoms with van der Waals surface area (Å²) in [5, 5.41) is 11.3. The summed E-state index contributed by atoms with van der Waals surface area (Å²) < 4.78 is 44.7. The van der Waals surface area contributed by atoms with E-state index in [4.69, 9.17) is 19.4 Å². The molecule has 166 valence electrons. The average molecular weight is 484 g/mol. The average Bonchev–Trinajstić information content (AvgIpc) is 2.51. The van der Waals surface area contributed by atoms with Crippen molar-refractivity contribution in [2.45, 2.75) is 51.2 Å². The van der Waals surface area contributed by atoms with Crippen LogP contribution in [0.2, 0.25) is 0 Å². The van der Waals surface area contributed by atoms with Gasteiger partial charge in [-0.1, -0.05) is 34.4 Å². The Morgan fingerprint density at radius 2 is 1.68 bits per heavy atom. The van der Waals surface area contributed by atoms with Crippen LogP contribution in [-0.4, -0.2) is 69.1 Å². The smallest absolute Gasteiger partial charge is 0.469 e. The zero-order valence-electron chi connectivity index (χ0n) is 15.2. The number of unbranched alkanes of at least 4 members (excludes halogenated alkanes) is 3. The number of amides is 1. The van der Waals surface area contributed by atoms with Gasteiger partial charge in [0.15, 0.2) is 6.04 Å². The first-order chi connectivity index (χ1) is 12.8. The fourth-order valence-corrected chi connectivity index (χ4v) is 5.86. The summed E-state index contributed by atoms with van der Waals surface area (Å²) in [5.74, 6) is -1.20. The van der Waals surface area contributed by atoms with Gasteiger partial charge < -0.3 is 20.2 Å². The topological polar surface area (TPSA) is 188 Å². The summed E-state index contributed by atoms with van der Waals surface area (Å²) in [5.41, 5.74) is 0. The molecule has 0 heterocycles. The largest absolute Gasteiger partial charge is 0.480 e. The molecule has 2 atom stereocenters.